The number of furan rings is 1. The van der Waals surface area contributed by atoms with E-state index < -0.39 is 0 Å². The molecule has 9 aromatic rings. The van der Waals surface area contributed by atoms with E-state index in [1.807, 2.05) is 48.5 Å². The quantitative estimate of drug-likeness (QED) is 0.181. The van der Waals surface area contributed by atoms with E-state index in [2.05, 4.69) is 128 Å². The molecular weight excluding hydrogens is 611 g/mol. The highest BCUT2D eigenvalue weighted by Gasteiger charge is 2.18. The van der Waals surface area contributed by atoms with Crippen LogP contribution in [0.15, 0.2) is 174 Å². The van der Waals surface area contributed by atoms with Crippen LogP contribution in [0.25, 0.3) is 89.5 Å². The van der Waals surface area contributed by atoms with Crippen molar-refractivity contribution in [1.82, 2.24) is 15.0 Å². The van der Waals surface area contributed by atoms with Crippen LogP contribution in [-0.2, 0) is 0 Å². The molecule has 0 N–H and O–H groups in total. The molecule has 0 bridgehead atoms. The number of fused-ring (bicyclic) bond motifs is 3. The maximum Gasteiger partial charge on any atom is 0.164 e. The predicted octanol–water partition coefficient (Wildman–Crippen LogP) is 12.1. The van der Waals surface area contributed by atoms with Gasteiger partial charge in [0.2, 0.25) is 0 Å². The molecule has 0 saturated carbocycles. The molecule has 50 heavy (non-hydrogen) atoms. The molecule has 236 valence electrons. The Bertz CT molecular complexity index is 2660. The predicted molar refractivity (Wildman–Crippen MR) is 204 cm³/mol. The molecule has 9 rings (SSSR count). The summed E-state index contributed by atoms with van der Waals surface area (Å²) in [6.07, 6.45) is 0. The zero-order chi connectivity index (χ0) is 33.4. The number of aromatic nitrogens is 3. The third-order valence-corrected chi connectivity index (χ3v) is 9.20. The molecule has 0 atom stereocenters. The van der Waals surface area contributed by atoms with Crippen LogP contribution in [0.4, 0.5) is 0 Å². The molecule has 0 spiro atoms. The lowest BCUT2D eigenvalue weighted by molar-refractivity contribution is 0.669. The van der Waals surface area contributed by atoms with E-state index in [1.54, 1.807) is 0 Å². The highest BCUT2D eigenvalue weighted by molar-refractivity contribution is 6.13. The Morgan fingerprint density at radius 3 is 1.72 bits per heavy atom. The maximum absolute atomic E-state index is 6.54. The summed E-state index contributed by atoms with van der Waals surface area (Å²) in [6.45, 7) is 2.11. The first kappa shape index (κ1) is 29.5. The van der Waals surface area contributed by atoms with Gasteiger partial charge < -0.3 is 4.42 Å². The summed E-state index contributed by atoms with van der Waals surface area (Å²) in [4.78, 5) is 15.2. The van der Waals surface area contributed by atoms with E-state index in [1.165, 1.54) is 16.7 Å². The fourth-order valence-corrected chi connectivity index (χ4v) is 6.79. The molecule has 4 nitrogen and oxygen atoms in total. The van der Waals surface area contributed by atoms with Crippen LogP contribution >= 0.6 is 0 Å². The lowest BCUT2D eigenvalue weighted by atomic mass is 9.96. The lowest BCUT2D eigenvalue weighted by Gasteiger charge is -2.12. The largest absolute Gasteiger partial charge is 0.456 e. The number of nitrogens with zero attached hydrogens (tertiary/aromatic N) is 3. The molecule has 4 heteroatoms. The zero-order valence-corrected chi connectivity index (χ0v) is 27.4. The second kappa shape index (κ2) is 12.4. The average molecular weight is 642 g/mol. The Morgan fingerprint density at radius 1 is 0.360 bits per heavy atom. The second-order valence-corrected chi connectivity index (χ2v) is 12.5. The second-order valence-electron chi connectivity index (χ2n) is 12.5. The summed E-state index contributed by atoms with van der Waals surface area (Å²) >= 11 is 0. The van der Waals surface area contributed by atoms with Gasteiger partial charge in [-0.1, -0.05) is 151 Å². The number of aryl methyl sites for hydroxylation is 1. The Balaban J connectivity index is 1.19. The van der Waals surface area contributed by atoms with E-state index in [9.17, 15) is 0 Å². The maximum atomic E-state index is 6.54. The van der Waals surface area contributed by atoms with Gasteiger partial charge in [0.15, 0.2) is 17.5 Å². The first-order valence-electron chi connectivity index (χ1n) is 16.8. The van der Waals surface area contributed by atoms with Crippen molar-refractivity contribution in [3.63, 3.8) is 0 Å². The average Bonchev–Trinajstić information content (AvgIpc) is 3.57. The van der Waals surface area contributed by atoms with Gasteiger partial charge in [0, 0.05) is 27.5 Å². The lowest BCUT2D eigenvalue weighted by Crippen LogP contribution is -2.01. The van der Waals surface area contributed by atoms with Crippen molar-refractivity contribution in [2.45, 2.75) is 6.92 Å². The summed E-state index contributed by atoms with van der Waals surface area (Å²) in [5.74, 6) is 1.83. The van der Waals surface area contributed by atoms with E-state index in [4.69, 9.17) is 19.4 Å². The Morgan fingerprint density at radius 2 is 0.940 bits per heavy atom. The third-order valence-electron chi connectivity index (χ3n) is 9.20. The minimum Gasteiger partial charge on any atom is -0.456 e. The Kier molecular flexibility index (Phi) is 7.33. The van der Waals surface area contributed by atoms with Gasteiger partial charge in [0.05, 0.1) is 0 Å². The number of benzene rings is 7. The van der Waals surface area contributed by atoms with Crippen molar-refractivity contribution in [3.8, 4) is 67.5 Å². The van der Waals surface area contributed by atoms with E-state index >= 15 is 0 Å². The fraction of sp³-hybridized carbons (Fsp3) is 0.0217. The molecular formula is C46H31N3O. The van der Waals surface area contributed by atoms with Gasteiger partial charge in [-0.15, -0.1) is 0 Å². The Hall–Kier alpha value is -6.65. The first-order chi connectivity index (χ1) is 24.7. The molecule has 0 saturated heterocycles. The standard InChI is InChI=1S/C46H31N3O/c1-30-13-10-19-34(27-30)37-21-8-9-22-39(37)46-48-44(32-16-6-3-7-17-32)47-45(49-46)36-25-26-40-42(29-36)50-41-24-12-23-38(43(40)41)35-20-11-18-33(28-35)31-14-4-2-5-15-31/h2-29H,1H3. The molecule has 0 aliphatic heterocycles. The number of rotatable bonds is 6. The summed E-state index contributed by atoms with van der Waals surface area (Å²) in [7, 11) is 0. The van der Waals surface area contributed by atoms with Gasteiger partial charge in [0.1, 0.15) is 11.2 Å². The van der Waals surface area contributed by atoms with Crippen molar-refractivity contribution >= 4 is 21.9 Å². The van der Waals surface area contributed by atoms with Gasteiger partial charge in [-0.05, 0) is 64.6 Å². The smallest absolute Gasteiger partial charge is 0.164 e. The SMILES string of the molecule is Cc1cccc(-c2ccccc2-c2nc(-c3ccccc3)nc(-c3ccc4c(c3)oc3cccc(-c5cccc(-c6ccccc6)c5)c34)n2)c1. The van der Waals surface area contributed by atoms with Gasteiger partial charge in [-0.25, -0.2) is 15.0 Å². The van der Waals surface area contributed by atoms with Gasteiger partial charge in [-0.3, -0.25) is 0 Å². The highest BCUT2D eigenvalue weighted by atomic mass is 16.3. The highest BCUT2D eigenvalue weighted by Crippen LogP contribution is 2.39. The van der Waals surface area contributed by atoms with E-state index in [0.717, 1.165) is 60.9 Å². The minimum atomic E-state index is 0.589. The molecule has 0 aliphatic carbocycles. The van der Waals surface area contributed by atoms with Crippen LogP contribution in [0.2, 0.25) is 0 Å². The molecule has 7 aromatic carbocycles. The molecule has 0 fully saturated rings. The van der Waals surface area contributed by atoms with Crippen LogP contribution in [0.3, 0.4) is 0 Å². The van der Waals surface area contributed by atoms with Crippen LogP contribution < -0.4 is 0 Å². The van der Waals surface area contributed by atoms with Gasteiger partial charge >= 0.3 is 0 Å². The van der Waals surface area contributed by atoms with Crippen molar-refractivity contribution in [1.29, 1.82) is 0 Å². The fourth-order valence-electron chi connectivity index (χ4n) is 6.79. The summed E-state index contributed by atoms with van der Waals surface area (Å²) in [6, 6.07) is 58.7. The molecule has 0 unspecified atom stereocenters. The van der Waals surface area contributed by atoms with Crippen LogP contribution in [0, 0.1) is 6.92 Å². The Labute approximate surface area is 290 Å². The van der Waals surface area contributed by atoms with Crippen LogP contribution in [0.1, 0.15) is 5.56 Å². The van der Waals surface area contributed by atoms with Crippen LogP contribution in [-0.4, -0.2) is 15.0 Å². The van der Waals surface area contributed by atoms with Gasteiger partial charge in [0.25, 0.3) is 0 Å². The first-order valence-corrected chi connectivity index (χ1v) is 16.8. The van der Waals surface area contributed by atoms with Crippen molar-refractivity contribution < 1.29 is 4.42 Å². The van der Waals surface area contributed by atoms with Gasteiger partial charge in [-0.2, -0.15) is 0 Å². The summed E-state index contributed by atoms with van der Waals surface area (Å²) in [5.41, 5.74) is 12.4. The molecule has 2 aromatic heterocycles. The molecule has 0 amide bonds. The van der Waals surface area contributed by atoms with Crippen molar-refractivity contribution in [2.24, 2.45) is 0 Å². The van der Waals surface area contributed by atoms with E-state index in [-0.39, 0.29) is 0 Å². The van der Waals surface area contributed by atoms with Crippen LogP contribution in [0.5, 0.6) is 0 Å². The van der Waals surface area contributed by atoms with E-state index in [0.29, 0.717) is 17.5 Å². The minimum absolute atomic E-state index is 0.589. The summed E-state index contributed by atoms with van der Waals surface area (Å²) in [5, 5.41) is 2.14. The third kappa shape index (κ3) is 5.43. The molecule has 2 heterocycles. The summed E-state index contributed by atoms with van der Waals surface area (Å²) < 4.78 is 6.54. The topological polar surface area (TPSA) is 51.8 Å². The number of hydrogen-bond donors (Lipinski definition) is 0. The molecule has 0 aliphatic rings. The monoisotopic (exact) mass is 641 g/mol. The van der Waals surface area contributed by atoms with Crippen molar-refractivity contribution in [2.75, 3.05) is 0 Å². The zero-order valence-electron chi connectivity index (χ0n) is 27.4. The molecule has 0 radical (unpaired) electrons. The number of hydrogen-bond acceptors (Lipinski definition) is 4. The van der Waals surface area contributed by atoms with Crippen molar-refractivity contribution in [3.05, 3.63) is 175 Å². The normalized spacial score (nSPS) is 11.3.